The molecular formula is C19H13BrI2N2O2. The first kappa shape index (κ1) is 19.6. The van der Waals surface area contributed by atoms with Gasteiger partial charge in [-0.15, -0.1) is 0 Å². The first-order valence-electron chi connectivity index (χ1n) is 7.61. The van der Waals surface area contributed by atoms with Gasteiger partial charge in [0.2, 0.25) is 5.91 Å². The number of nitrogens with zero attached hydrogens (tertiary/aromatic N) is 1. The van der Waals surface area contributed by atoms with E-state index in [0.717, 1.165) is 27.9 Å². The molecule has 0 bridgehead atoms. The number of halogens is 3. The molecule has 0 fully saturated rings. The Morgan fingerprint density at radius 1 is 1.15 bits per heavy atom. The van der Waals surface area contributed by atoms with Gasteiger partial charge in [-0.2, -0.15) is 5.10 Å². The molecular weight excluding hydrogens is 622 g/mol. The fraction of sp³-hybridized carbons (Fsp3) is 0.0526. The van der Waals surface area contributed by atoms with E-state index in [9.17, 15) is 9.90 Å². The number of hydrogen-bond donors (Lipinski definition) is 2. The highest BCUT2D eigenvalue weighted by atomic mass is 127. The molecule has 0 aliphatic carbocycles. The highest BCUT2D eigenvalue weighted by Gasteiger charge is 2.09. The molecule has 3 aromatic carbocycles. The third kappa shape index (κ3) is 4.55. The van der Waals surface area contributed by atoms with E-state index in [1.165, 1.54) is 6.21 Å². The van der Waals surface area contributed by atoms with Crippen molar-refractivity contribution in [1.29, 1.82) is 0 Å². The molecule has 0 spiro atoms. The lowest BCUT2D eigenvalue weighted by Crippen LogP contribution is -2.20. The molecule has 0 radical (unpaired) electrons. The van der Waals surface area contributed by atoms with Crippen LogP contribution in [0.1, 0.15) is 11.1 Å². The summed E-state index contributed by atoms with van der Waals surface area (Å²) in [6.07, 6.45) is 1.68. The largest absolute Gasteiger partial charge is 0.506 e. The minimum atomic E-state index is -0.214. The highest BCUT2D eigenvalue weighted by Crippen LogP contribution is 2.27. The number of rotatable bonds is 4. The number of carbonyl (C=O) groups is 1. The minimum Gasteiger partial charge on any atom is -0.506 e. The summed E-state index contributed by atoms with van der Waals surface area (Å²) in [5, 5.41) is 16.1. The fourth-order valence-corrected chi connectivity index (χ4v) is 4.92. The van der Waals surface area contributed by atoms with Crippen LogP contribution in [0.2, 0.25) is 0 Å². The lowest BCUT2D eigenvalue weighted by atomic mass is 10.0. The van der Waals surface area contributed by atoms with E-state index in [4.69, 9.17) is 0 Å². The van der Waals surface area contributed by atoms with Crippen LogP contribution in [0.25, 0.3) is 10.8 Å². The van der Waals surface area contributed by atoms with Crippen LogP contribution in [0.4, 0.5) is 0 Å². The van der Waals surface area contributed by atoms with Gasteiger partial charge in [-0.1, -0.05) is 46.3 Å². The molecule has 132 valence electrons. The van der Waals surface area contributed by atoms with E-state index >= 15 is 0 Å². The number of nitrogens with one attached hydrogen (secondary N) is 1. The molecule has 2 N–H and O–H groups in total. The quantitative estimate of drug-likeness (QED) is 0.235. The number of carbonyl (C=O) groups excluding carboxylic acids is 1. The number of hydrazone groups is 1. The van der Waals surface area contributed by atoms with E-state index in [1.807, 2.05) is 42.5 Å². The SMILES string of the molecule is O=C(Cc1ccc(Br)c2ccccc12)NN=Cc1cc(I)cc(I)c1O. The van der Waals surface area contributed by atoms with Crippen molar-refractivity contribution in [2.75, 3.05) is 0 Å². The maximum Gasteiger partial charge on any atom is 0.244 e. The number of phenolic OH excluding ortho intramolecular Hbond substituents is 1. The van der Waals surface area contributed by atoms with Gasteiger partial charge >= 0.3 is 0 Å². The highest BCUT2D eigenvalue weighted by molar-refractivity contribution is 14.1. The molecule has 0 aliphatic rings. The minimum absolute atomic E-state index is 0.155. The predicted octanol–water partition coefficient (Wildman–Crippen LogP) is 5.21. The van der Waals surface area contributed by atoms with Crippen molar-refractivity contribution < 1.29 is 9.90 Å². The molecule has 3 rings (SSSR count). The van der Waals surface area contributed by atoms with Crippen LogP contribution in [-0.4, -0.2) is 17.2 Å². The average Bonchev–Trinajstić information content (AvgIpc) is 2.62. The van der Waals surface area contributed by atoms with E-state index in [2.05, 4.69) is 71.6 Å². The zero-order valence-electron chi connectivity index (χ0n) is 13.3. The second kappa shape index (κ2) is 8.66. The molecule has 0 atom stereocenters. The van der Waals surface area contributed by atoms with Crippen molar-refractivity contribution in [1.82, 2.24) is 5.43 Å². The Bertz CT molecular complexity index is 1020. The Kier molecular flexibility index (Phi) is 6.51. The van der Waals surface area contributed by atoms with Gasteiger partial charge in [0.05, 0.1) is 16.2 Å². The van der Waals surface area contributed by atoms with Gasteiger partial charge in [-0.05, 0) is 79.7 Å². The molecule has 0 saturated heterocycles. The maximum atomic E-state index is 12.2. The lowest BCUT2D eigenvalue weighted by Gasteiger charge is -2.07. The summed E-state index contributed by atoms with van der Waals surface area (Å²) in [4.78, 5) is 12.2. The van der Waals surface area contributed by atoms with Crippen LogP contribution in [-0.2, 0) is 11.2 Å². The van der Waals surface area contributed by atoms with Gasteiger partial charge in [0.15, 0.2) is 0 Å². The second-order valence-corrected chi connectivity index (χ2v) is 8.81. The third-order valence-corrected chi connectivity index (χ3v) is 5.90. The molecule has 3 aromatic rings. The summed E-state index contributed by atoms with van der Waals surface area (Å²) in [6, 6.07) is 15.5. The van der Waals surface area contributed by atoms with Crippen molar-refractivity contribution in [3.8, 4) is 5.75 Å². The summed E-state index contributed by atoms with van der Waals surface area (Å²) in [5.41, 5.74) is 4.03. The summed E-state index contributed by atoms with van der Waals surface area (Å²) in [7, 11) is 0. The van der Waals surface area contributed by atoms with Gasteiger partial charge in [0.25, 0.3) is 0 Å². The van der Waals surface area contributed by atoms with Crippen molar-refractivity contribution in [2.45, 2.75) is 6.42 Å². The van der Waals surface area contributed by atoms with Gasteiger partial charge in [-0.25, -0.2) is 5.43 Å². The monoisotopic (exact) mass is 634 g/mol. The lowest BCUT2D eigenvalue weighted by molar-refractivity contribution is -0.120. The average molecular weight is 635 g/mol. The molecule has 0 aromatic heterocycles. The normalized spacial score (nSPS) is 11.2. The molecule has 1 amide bonds. The Morgan fingerprint density at radius 2 is 1.88 bits per heavy atom. The molecule has 4 nitrogen and oxygen atoms in total. The topological polar surface area (TPSA) is 61.7 Å². The van der Waals surface area contributed by atoms with Crippen molar-refractivity contribution in [3.05, 3.63) is 71.3 Å². The number of hydrogen-bond acceptors (Lipinski definition) is 3. The standard InChI is InChI=1S/C19H13BrI2N2O2/c20-16-6-5-11(14-3-1-2-4-15(14)16)8-18(25)24-23-10-12-7-13(21)9-17(22)19(12)26/h1-7,9-10,26H,8H2,(H,24,25). The fourth-order valence-electron chi connectivity index (χ4n) is 2.55. The van der Waals surface area contributed by atoms with E-state index in [-0.39, 0.29) is 18.1 Å². The van der Waals surface area contributed by atoms with Gasteiger partial charge in [-0.3, -0.25) is 4.79 Å². The van der Waals surface area contributed by atoms with Crippen molar-refractivity contribution >= 4 is 84.0 Å². The summed E-state index contributed by atoms with van der Waals surface area (Å²) >= 11 is 7.76. The van der Waals surface area contributed by atoms with Crippen molar-refractivity contribution in [2.24, 2.45) is 5.10 Å². The number of benzene rings is 3. The van der Waals surface area contributed by atoms with E-state index < -0.39 is 0 Å². The molecule has 0 aliphatic heterocycles. The van der Waals surface area contributed by atoms with Crippen LogP contribution in [0.15, 0.2) is 58.1 Å². The molecule has 7 heteroatoms. The number of amides is 1. The first-order valence-corrected chi connectivity index (χ1v) is 10.6. The molecule has 0 unspecified atom stereocenters. The maximum absolute atomic E-state index is 12.2. The van der Waals surface area contributed by atoms with Crippen LogP contribution in [0.3, 0.4) is 0 Å². The zero-order valence-corrected chi connectivity index (χ0v) is 19.2. The van der Waals surface area contributed by atoms with Crippen LogP contribution >= 0.6 is 61.1 Å². The van der Waals surface area contributed by atoms with Crippen LogP contribution < -0.4 is 5.43 Å². The van der Waals surface area contributed by atoms with E-state index in [1.54, 1.807) is 6.07 Å². The Hall–Kier alpha value is -1.20. The van der Waals surface area contributed by atoms with Crippen molar-refractivity contribution in [3.63, 3.8) is 0 Å². The number of aromatic hydroxyl groups is 1. The summed E-state index contributed by atoms with van der Waals surface area (Å²) in [6.45, 7) is 0. The first-order chi connectivity index (χ1) is 12.5. The zero-order chi connectivity index (χ0) is 18.7. The summed E-state index contributed by atoms with van der Waals surface area (Å²) < 4.78 is 2.72. The van der Waals surface area contributed by atoms with Crippen LogP contribution in [0, 0.1) is 7.14 Å². The smallest absolute Gasteiger partial charge is 0.244 e. The Balaban J connectivity index is 1.74. The predicted molar refractivity (Wildman–Crippen MR) is 125 cm³/mol. The summed E-state index contributed by atoms with van der Waals surface area (Å²) in [5.74, 6) is -0.0588. The van der Waals surface area contributed by atoms with E-state index in [0.29, 0.717) is 5.56 Å². The molecule has 0 saturated carbocycles. The van der Waals surface area contributed by atoms with Gasteiger partial charge < -0.3 is 5.11 Å². The number of fused-ring (bicyclic) bond motifs is 1. The Labute approximate surface area is 186 Å². The molecule has 0 heterocycles. The van der Waals surface area contributed by atoms with Crippen LogP contribution in [0.5, 0.6) is 5.75 Å². The van der Waals surface area contributed by atoms with Gasteiger partial charge in [0, 0.05) is 13.6 Å². The Morgan fingerprint density at radius 3 is 2.65 bits per heavy atom. The second-order valence-electron chi connectivity index (χ2n) is 5.55. The van der Waals surface area contributed by atoms with Gasteiger partial charge in [0.1, 0.15) is 5.75 Å². The molecule has 26 heavy (non-hydrogen) atoms. The number of phenols is 1. The third-order valence-electron chi connectivity index (χ3n) is 3.76.